The average molecular weight is 257 g/mol. The second-order valence-electron chi connectivity index (χ2n) is 5.38. The molecule has 0 atom stereocenters. The molecule has 3 heteroatoms. The van der Waals surface area contributed by atoms with Crippen molar-refractivity contribution in [3.63, 3.8) is 0 Å². The maximum atomic E-state index is 4.24. The molecule has 0 radical (unpaired) electrons. The van der Waals surface area contributed by atoms with E-state index in [4.69, 9.17) is 0 Å². The molecule has 1 aromatic heterocycles. The summed E-state index contributed by atoms with van der Waals surface area (Å²) in [5, 5.41) is 7.73. The summed E-state index contributed by atoms with van der Waals surface area (Å²) in [6.07, 6.45) is 5.04. The van der Waals surface area contributed by atoms with Gasteiger partial charge < -0.3 is 5.32 Å². The number of hydrogen-bond acceptors (Lipinski definition) is 2. The smallest absolute Gasteiger partial charge is 0.0659 e. The van der Waals surface area contributed by atoms with E-state index < -0.39 is 0 Å². The molecule has 0 bridgehead atoms. The van der Waals surface area contributed by atoms with Crippen molar-refractivity contribution in [2.75, 3.05) is 6.54 Å². The van der Waals surface area contributed by atoms with Gasteiger partial charge in [-0.15, -0.1) is 0 Å². The predicted molar refractivity (Wildman–Crippen MR) is 78.9 cm³/mol. The standard InChI is InChI=1S/C16H23N3/c1-14(2)7-9-17-12-15-5-3-6-16(11-15)13-19-10-4-8-18-19/h3-6,8,10-11,14,17H,7,9,12-13H2,1-2H3. The summed E-state index contributed by atoms with van der Waals surface area (Å²) in [6.45, 7) is 7.38. The molecule has 1 heterocycles. The molecule has 0 aliphatic carbocycles. The van der Waals surface area contributed by atoms with Crippen LogP contribution in [0.2, 0.25) is 0 Å². The van der Waals surface area contributed by atoms with Gasteiger partial charge in [-0.05, 0) is 36.1 Å². The SMILES string of the molecule is CC(C)CCNCc1cccc(Cn2cccn2)c1. The highest BCUT2D eigenvalue weighted by Gasteiger charge is 1.98. The molecule has 0 spiro atoms. The summed E-state index contributed by atoms with van der Waals surface area (Å²) >= 11 is 0. The Balaban J connectivity index is 1.85. The summed E-state index contributed by atoms with van der Waals surface area (Å²) in [5.74, 6) is 0.763. The lowest BCUT2D eigenvalue weighted by molar-refractivity contribution is 0.537. The molecule has 2 aromatic rings. The molecule has 1 N–H and O–H groups in total. The van der Waals surface area contributed by atoms with Crippen molar-refractivity contribution in [3.05, 3.63) is 53.9 Å². The number of nitrogens with zero attached hydrogens (tertiary/aromatic N) is 2. The molecule has 0 aliphatic rings. The van der Waals surface area contributed by atoms with E-state index in [0.717, 1.165) is 25.6 Å². The number of nitrogens with one attached hydrogen (secondary N) is 1. The fourth-order valence-corrected chi connectivity index (χ4v) is 2.04. The van der Waals surface area contributed by atoms with Crippen LogP contribution in [-0.2, 0) is 13.1 Å². The van der Waals surface area contributed by atoms with Crippen LogP contribution in [0.4, 0.5) is 0 Å². The van der Waals surface area contributed by atoms with Gasteiger partial charge in [-0.3, -0.25) is 4.68 Å². The minimum Gasteiger partial charge on any atom is -0.313 e. The molecule has 3 nitrogen and oxygen atoms in total. The fraction of sp³-hybridized carbons (Fsp3) is 0.438. The van der Waals surface area contributed by atoms with Crippen molar-refractivity contribution in [1.82, 2.24) is 15.1 Å². The minimum atomic E-state index is 0.763. The summed E-state index contributed by atoms with van der Waals surface area (Å²) in [7, 11) is 0. The Morgan fingerprint density at radius 2 is 2.05 bits per heavy atom. The molecule has 102 valence electrons. The molecular weight excluding hydrogens is 234 g/mol. The maximum Gasteiger partial charge on any atom is 0.0659 e. The van der Waals surface area contributed by atoms with E-state index in [1.165, 1.54) is 17.5 Å². The van der Waals surface area contributed by atoms with Gasteiger partial charge in [0.25, 0.3) is 0 Å². The lowest BCUT2D eigenvalue weighted by Crippen LogP contribution is -2.16. The summed E-state index contributed by atoms with van der Waals surface area (Å²) in [4.78, 5) is 0. The molecule has 2 rings (SSSR count). The predicted octanol–water partition coefficient (Wildman–Crippen LogP) is 3.07. The van der Waals surface area contributed by atoms with Crippen molar-refractivity contribution < 1.29 is 0 Å². The Labute approximate surface area is 115 Å². The van der Waals surface area contributed by atoms with Crippen LogP contribution in [0.1, 0.15) is 31.4 Å². The molecule has 0 fully saturated rings. The van der Waals surface area contributed by atoms with Crippen molar-refractivity contribution >= 4 is 0 Å². The second-order valence-corrected chi connectivity index (χ2v) is 5.38. The monoisotopic (exact) mass is 257 g/mol. The first kappa shape index (κ1) is 13.8. The Morgan fingerprint density at radius 1 is 1.21 bits per heavy atom. The van der Waals surface area contributed by atoms with Crippen LogP contribution in [0, 0.1) is 5.92 Å². The van der Waals surface area contributed by atoms with Gasteiger partial charge in [0, 0.05) is 18.9 Å². The molecule has 0 amide bonds. The van der Waals surface area contributed by atoms with Crippen LogP contribution in [0.15, 0.2) is 42.7 Å². The normalized spacial score (nSPS) is 11.1. The van der Waals surface area contributed by atoms with Crippen molar-refractivity contribution in [1.29, 1.82) is 0 Å². The van der Waals surface area contributed by atoms with Crippen LogP contribution in [-0.4, -0.2) is 16.3 Å². The van der Waals surface area contributed by atoms with Crippen LogP contribution in [0.3, 0.4) is 0 Å². The highest BCUT2D eigenvalue weighted by molar-refractivity contribution is 5.23. The van der Waals surface area contributed by atoms with Gasteiger partial charge in [0.05, 0.1) is 6.54 Å². The van der Waals surface area contributed by atoms with Gasteiger partial charge in [-0.25, -0.2) is 0 Å². The molecule has 0 saturated heterocycles. The Hall–Kier alpha value is -1.61. The third kappa shape index (κ3) is 4.87. The first-order valence-electron chi connectivity index (χ1n) is 7.00. The van der Waals surface area contributed by atoms with Crippen LogP contribution in [0.5, 0.6) is 0 Å². The zero-order chi connectivity index (χ0) is 13.5. The minimum absolute atomic E-state index is 0.763. The molecule has 1 aromatic carbocycles. The largest absolute Gasteiger partial charge is 0.313 e. The zero-order valence-electron chi connectivity index (χ0n) is 11.8. The van der Waals surface area contributed by atoms with E-state index in [2.05, 4.69) is 48.5 Å². The molecule has 0 aliphatic heterocycles. The van der Waals surface area contributed by atoms with Crippen LogP contribution < -0.4 is 5.32 Å². The highest BCUT2D eigenvalue weighted by atomic mass is 15.3. The van der Waals surface area contributed by atoms with Crippen molar-refractivity contribution in [2.45, 2.75) is 33.4 Å². The molecule has 0 saturated carbocycles. The van der Waals surface area contributed by atoms with Gasteiger partial charge in [0.15, 0.2) is 0 Å². The van der Waals surface area contributed by atoms with Gasteiger partial charge in [-0.2, -0.15) is 5.10 Å². The van der Waals surface area contributed by atoms with Gasteiger partial charge in [-0.1, -0.05) is 38.1 Å². The highest BCUT2D eigenvalue weighted by Crippen LogP contribution is 2.07. The fourth-order valence-electron chi connectivity index (χ4n) is 2.04. The molecule has 19 heavy (non-hydrogen) atoms. The number of rotatable bonds is 7. The van der Waals surface area contributed by atoms with E-state index in [9.17, 15) is 0 Å². The van der Waals surface area contributed by atoms with Crippen molar-refractivity contribution in [2.24, 2.45) is 5.92 Å². The van der Waals surface area contributed by atoms with Gasteiger partial charge in [0.1, 0.15) is 0 Å². The number of benzene rings is 1. The third-order valence-corrected chi connectivity index (χ3v) is 3.12. The Morgan fingerprint density at radius 3 is 2.79 bits per heavy atom. The average Bonchev–Trinajstić information content (AvgIpc) is 2.88. The Bertz CT molecular complexity index is 474. The van der Waals surface area contributed by atoms with E-state index in [1.54, 1.807) is 0 Å². The molecular formula is C16H23N3. The van der Waals surface area contributed by atoms with E-state index in [-0.39, 0.29) is 0 Å². The topological polar surface area (TPSA) is 29.9 Å². The second kappa shape index (κ2) is 7.10. The lowest BCUT2D eigenvalue weighted by atomic mass is 10.1. The van der Waals surface area contributed by atoms with E-state index in [0.29, 0.717) is 0 Å². The van der Waals surface area contributed by atoms with E-state index in [1.807, 2.05) is 23.1 Å². The summed E-state index contributed by atoms with van der Waals surface area (Å²) in [6, 6.07) is 10.7. The number of hydrogen-bond donors (Lipinski definition) is 1. The first-order chi connectivity index (χ1) is 9.24. The first-order valence-corrected chi connectivity index (χ1v) is 7.00. The van der Waals surface area contributed by atoms with Gasteiger partial charge in [0.2, 0.25) is 0 Å². The van der Waals surface area contributed by atoms with Crippen molar-refractivity contribution in [3.8, 4) is 0 Å². The lowest BCUT2D eigenvalue weighted by Gasteiger charge is -2.08. The summed E-state index contributed by atoms with van der Waals surface area (Å²) < 4.78 is 1.95. The van der Waals surface area contributed by atoms with Crippen LogP contribution in [0.25, 0.3) is 0 Å². The summed E-state index contributed by atoms with van der Waals surface area (Å²) in [5.41, 5.74) is 2.64. The zero-order valence-corrected chi connectivity index (χ0v) is 11.8. The quantitative estimate of drug-likeness (QED) is 0.773. The van der Waals surface area contributed by atoms with Crippen LogP contribution >= 0.6 is 0 Å². The Kier molecular flexibility index (Phi) is 5.16. The van der Waals surface area contributed by atoms with E-state index >= 15 is 0 Å². The third-order valence-electron chi connectivity index (χ3n) is 3.12. The maximum absolute atomic E-state index is 4.24. The number of aromatic nitrogens is 2. The molecule has 0 unspecified atom stereocenters. The van der Waals surface area contributed by atoms with Gasteiger partial charge >= 0.3 is 0 Å².